The van der Waals surface area contributed by atoms with Crippen molar-refractivity contribution in [3.8, 4) is 11.5 Å². The van der Waals surface area contributed by atoms with Crippen LogP contribution in [-0.2, 0) is 11.2 Å². The van der Waals surface area contributed by atoms with Crippen molar-refractivity contribution in [1.29, 1.82) is 0 Å². The highest BCUT2D eigenvalue weighted by Gasteiger charge is 2.46. The van der Waals surface area contributed by atoms with Crippen molar-refractivity contribution in [2.75, 3.05) is 13.4 Å². The van der Waals surface area contributed by atoms with Crippen molar-refractivity contribution in [3.63, 3.8) is 0 Å². The Labute approximate surface area is 184 Å². The van der Waals surface area contributed by atoms with Crippen LogP contribution in [0, 0.1) is 0 Å². The van der Waals surface area contributed by atoms with E-state index in [2.05, 4.69) is 24.3 Å². The minimum absolute atomic E-state index is 0.0288. The van der Waals surface area contributed by atoms with E-state index in [0.29, 0.717) is 34.4 Å². The number of hydrogen-bond donors (Lipinski definition) is 4. The van der Waals surface area contributed by atoms with Crippen molar-refractivity contribution in [3.05, 3.63) is 57.6 Å². The standard InChI is InChI=1S/C23H25ClO7/c24-17-14(7-11-1-3-12(4-2-11)13-5-6-13)8-15(22-23(17)30-10-29-22)21-20(28)19(27)18(26)16(9-25)31-21/h1-4,8,13,16,18-21,25-28H,5-7,9-10H2/t16-,18-,19+,20-,21+/m0/s1. The van der Waals surface area contributed by atoms with Gasteiger partial charge in [-0.2, -0.15) is 0 Å². The van der Waals surface area contributed by atoms with Crippen molar-refractivity contribution < 1.29 is 34.6 Å². The first-order chi connectivity index (χ1) is 15.0. The molecule has 0 bridgehead atoms. The Balaban J connectivity index is 1.50. The Kier molecular flexibility index (Phi) is 5.58. The average Bonchev–Trinajstić information content (AvgIpc) is 3.51. The summed E-state index contributed by atoms with van der Waals surface area (Å²) in [6, 6.07) is 10.2. The van der Waals surface area contributed by atoms with E-state index in [9.17, 15) is 20.4 Å². The normalized spacial score (nSPS) is 29.9. The van der Waals surface area contributed by atoms with Gasteiger partial charge in [0.15, 0.2) is 11.5 Å². The summed E-state index contributed by atoms with van der Waals surface area (Å²) in [5.41, 5.74) is 3.64. The van der Waals surface area contributed by atoms with Gasteiger partial charge in [-0.1, -0.05) is 35.9 Å². The number of halogens is 1. The molecule has 5 atom stereocenters. The van der Waals surface area contributed by atoms with E-state index in [1.54, 1.807) is 6.07 Å². The predicted molar refractivity (Wildman–Crippen MR) is 112 cm³/mol. The third-order valence-corrected chi connectivity index (χ3v) is 6.72. The van der Waals surface area contributed by atoms with Gasteiger partial charge in [0.05, 0.1) is 11.6 Å². The molecule has 0 radical (unpaired) electrons. The molecule has 1 aliphatic carbocycles. The summed E-state index contributed by atoms with van der Waals surface area (Å²) in [7, 11) is 0. The van der Waals surface area contributed by atoms with Crippen molar-refractivity contribution in [2.45, 2.75) is 55.7 Å². The molecule has 166 valence electrons. The molecular formula is C23H25ClO7. The van der Waals surface area contributed by atoms with Crippen molar-refractivity contribution in [1.82, 2.24) is 0 Å². The zero-order chi connectivity index (χ0) is 21.7. The fraction of sp³-hybridized carbons (Fsp3) is 0.478. The predicted octanol–water partition coefficient (Wildman–Crippen LogP) is 2.05. The van der Waals surface area contributed by atoms with E-state index in [4.69, 9.17) is 25.8 Å². The molecule has 3 aliphatic rings. The van der Waals surface area contributed by atoms with Gasteiger partial charge < -0.3 is 34.6 Å². The largest absolute Gasteiger partial charge is 0.453 e. The number of aliphatic hydroxyl groups is 4. The van der Waals surface area contributed by atoms with Crippen LogP contribution in [0.25, 0.3) is 0 Å². The molecule has 7 nitrogen and oxygen atoms in total. The molecule has 2 aliphatic heterocycles. The lowest BCUT2D eigenvalue weighted by molar-refractivity contribution is -0.232. The smallest absolute Gasteiger partial charge is 0.231 e. The van der Waals surface area contributed by atoms with Gasteiger partial charge in [-0.05, 0) is 47.9 Å². The van der Waals surface area contributed by atoms with Crippen LogP contribution in [0.15, 0.2) is 30.3 Å². The van der Waals surface area contributed by atoms with Gasteiger partial charge in [0.1, 0.15) is 30.5 Å². The number of benzene rings is 2. The maximum absolute atomic E-state index is 10.6. The number of hydrogen-bond acceptors (Lipinski definition) is 7. The molecule has 0 unspecified atom stereocenters. The van der Waals surface area contributed by atoms with Crippen LogP contribution >= 0.6 is 11.6 Å². The van der Waals surface area contributed by atoms with Crippen molar-refractivity contribution >= 4 is 11.6 Å². The van der Waals surface area contributed by atoms with Gasteiger partial charge in [0, 0.05) is 5.56 Å². The number of ether oxygens (including phenoxy) is 3. The third-order valence-electron chi connectivity index (χ3n) is 6.31. The topological polar surface area (TPSA) is 109 Å². The number of rotatable bonds is 5. The van der Waals surface area contributed by atoms with E-state index < -0.39 is 37.1 Å². The van der Waals surface area contributed by atoms with Crippen LogP contribution < -0.4 is 9.47 Å². The molecule has 2 fully saturated rings. The highest BCUT2D eigenvalue weighted by molar-refractivity contribution is 6.33. The summed E-state index contributed by atoms with van der Waals surface area (Å²) >= 11 is 6.61. The van der Waals surface area contributed by atoms with Crippen LogP contribution in [0.2, 0.25) is 5.02 Å². The lowest BCUT2D eigenvalue weighted by atomic mass is 9.89. The van der Waals surface area contributed by atoms with E-state index in [1.807, 2.05) is 0 Å². The van der Waals surface area contributed by atoms with Crippen LogP contribution in [0.5, 0.6) is 11.5 Å². The first-order valence-electron chi connectivity index (χ1n) is 10.5. The summed E-state index contributed by atoms with van der Waals surface area (Å²) in [6.45, 7) is -0.534. The quantitative estimate of drug-likeness (QED) is 0.554. The average molecular weight is 449 g/mol. The Morgan fingerprint density at radius 3 is 2.32 bits per heavy atom. The molecule has 8 heteroatoms. The lowest BCUT2D eigenvalue weighted by Crippen LogP contribution is -2.55. The second kappa shape index (κ2) is 8.24. The highest BCUT2D eigenvalue weighted by atomic mass is 35.5. The van der Waals surface area contributed by atoms with E-state index in [1.165, 1.54) is 18.4 Å². The zero-order valence-corrected chi connectivity index (χ0v) is 17.5. The minimum atomic E-state index is -1.48. The second-order valence-corrected chi connectivity index (χ2v) is 8.82. The van der Waals surface area contributed by atoms with Crippen LogP contribution in [0.4, 0.5) is 0 Å². The van der Waals surface area contributed by atoms with Gasteiger partial charge in [-0.3, -0.25) is 0 Å². The number of fused-ring (bicyclic) bond motifs is 1. The summed E-state index contributed by atoms with van der Waals surface area (Å²) in [5.74, 6) is 1.38. The Morgan fingerprint density at radius 1 is 0.935 bits per heavy atom. The Bertz CT molecular complexity index is 957. The van der Waals surface area contributed by atoms with E-state index in [0.717, 1.165) is 11.1 Å². The molecule has 0 spiro atoms. The molecule has 5 rings (SSSR count). The van der Waals surface area contributed by atoms with Crippen LogP contribution in [0.1, 0.15) is 47.1 Å². The summed E-state index contributed by atoms with van der Waals surface area (Å²) < 4.78 is 16.9. The summed E-state index contributed by atoms with van der Waals surface area (Å²) in [5, 5.41) is 40.9. The van der Waals surface area contributed by atoms with Crippen molar-refractivity contribution in [2.24, 2.45) is 0 Å². The highest BCUT2D eigenvalue weighted by Crippen LogP contribution is 2.49. The molecule has 0 amide bonds. The number of aliphatic hydroxyl groups excluding tert-OH is 4. The zero-order valence-electron chi connectivity index (χ0n) is 16.8. The SMILES string of the molecule is OC[C@@H]1O[C@H](c2cc(Cc3ccc(C4CC4)cc3)c(Cl)c3c2OCO3)[C@@H](O)[C@H](O)[C@H]1O. The van der Waals surface area contributed by atoms with E-state index in [-0.39, 0.29) is 6.79 Å². The van der Waals surface area contributed by atoms with E-state index >= 15 is 0 Å². The Morgan fingerprint density at radius 2 is 1.65 bits per heavy atom. The maximum atomic E-state index is 10.6. The summed E-state index contributed by atoms with van der Waals surface area (Å²) in [4.78, 5) is 0. The maximum Gasteiger partial charge on any atom is 0.231 e. The Hall–Kier alpha value is -1.87. The molecular weight excluding hydrogens is 424 g/mol. The monoisotopic (exact) mass is 448 g/mol. The summed E-state index contributed by atoms with van der Waals surface area (Å²) in [6.07, 6.45) is -3.36. The van der Waals surface area contributed by atoms with Crippen LogP contribution in [-0.4, -0.2) is 58.2 Å². The van der Waals surface area contributed by atoms with Crippen LogP contribution in [0.3, 0.4) is 0 Å². The van der Waals surface area contributed by atoms with Gasteiger partial charge in [0.25, 0.3) is 0 Å². The lowest BCUT2D eigenvalue weighted by Gasteiger charge is -2.40. The second-order valence-electron chi connectivity index (χ2n) is 8.45. The van der Waals surface area contributed by atoms with Gasteiger partial charge in [-0.25, -0.2) is 0 Å². The first-order valence-corrected chi connectivity index (χ1v) is 10.9. The molecule has 0 aromatic heterocycles. The molecule has 2 aromatic rings. The van der Waals surface area contributed by atoms with Gasteiger partial charge in [0.2, 0.25) is 6.79 Å². The fourth-order valence-corrected chi connectivity index (χ4v) is 4.62. The minimum Gasteiger partial charge on any atom is -0.453 e. The fourth-order valence-electron chi connectivity index (χ4n) is 4.36. The van der Waals surface area contributed by atoms with Gasteiger partial charge in [-0.15, -0.1) is 0 Å². The molecule has 2 aromatic carbocycles. The molecule has 31 heavy (non-hydrogen) atoms. The van der Waals surface area contributed by atoms with Gasteiger partial charge >= 0.3 is 0 Å². The third kappa shape index (κ3) is 3.80. The first kappa shape index (κ1) is 21.0. The molecule has 1 saturated heterocycles. The molecule has 1 saturated carbocycles. The molecule has 4 N–H and O–H groups in total. The molecule has 2 heterocycles.